The van der Waals surface area contributed by atoms with Gasteiger partial charge < -0.3 is 4.90 Å². The van der Waals surface area contributed by atoms with Crippen LogP contribution in [0.25, 0.3) is 10.9 Å². The molecule has 98 valence electrons. The number of nitrogens with zero attached hydrogens (tertiary/aromatic N) is 3. The van der Waals surface area contributed by atoms with Gasteiger partial charge in [-0.1, -0.05) is 12.1 Å². The summed E-state index contributed by atoms with van der Waals surface area (Å²) in [6.07, 6.45) is 7.28. The SMILES string of the molecule is c1ccc2c(N(CC3CC3)CC3CC3)ncnc2c1. The molecule has 2 saturated carbocycles. The lowest BCUT2D eigenvalue weighted by molar-refractivity contribution is 0.673. The van der Waals surface area contributed by atoms with Crippen molar-refractivity contribution in [3.05, 3.63) is 30.6 Å². The molecule has 19 heavy (non-hydrogen) atoms. The highest BCUT2D eigenvalue weighted by Gasteiger charge is 2.30. The number of hydrogen-bond acceptors (Lipinski definition) is 3. The number of anilines is 1. The Morgan fingerprint density at radius 1 is 0.947 bits per heavy atom. The van der Waals surface area contributed by atoms with Gasteiger partial charge in [0, 0.05) is 18.5 Å². The molecule has 1 heterocycles. The van der Waals surface area contributed by atoms with Crippen LogP contribution in [0.4, 0.5) is 5.82 Å². The number of benzene rings is 1. The molecule has 2 fully saturated rings. The van der Waals surface area contributed by atoms with E-state index in [0.717, 1.165) is 23.2 Å². The first-order valence-corrected chi connectivity index (χ1v) is 7.35. The van der Waals surface area contributed by atoms with Crippen molar-refractivity contribution in [2.24, 2.45) is 11.8 Å². The Kier molecular flexibility index (Phi) is 2.64. The molecule has 2 aliphatic rings. The average molecular weight is 253 g/mol. The maximum Gasteiger partial charge on any atom is 0.139 e. The van der Waals surface area contributed by atoms with Crippen molar-refractivity contribution in [1.82, 2.24) is 9.97 Å². The molecule has 0 unspecified atom stereocenters. The Balaban J connectivity index is 1.71. The van der Waals surface area contributed by atoms with Crippen LogP contribution >= 0.6 is 0 Å². The van der Waals surface area contributed by atoms with Crippen LogP contribution in [-0.2, 0) is 0 Å². The summed E-state index contributed by atoms with van der Waals surface area (Å²) in [4.78, 5) is 11.5. The normalized spacial score (nSPS) is 18.7. The molecule has 1 aromatic carbocycles. The van der Waals surface area contributed by atoms with E-state index in [1.165, 1.54) is 44.2 Å². The molecule has 0 aliphatic heterocycles. The largest absolute Gasteiger partial charge is 0.355 e. The fourth-order valence-electron chi connectivity index (χ4n) is 2.71. The van der Waals surface area contributed by atoms with Gasteiger partial charge >= 0.3 is 0 Å². The lowest BCUT2D eigenvalue weighted by Gasteiger charge is -2.24. The van der Waals surface area contributed by atoms with E-state index in [2.05, 4.69) is 33.1 Å². The van der Waals surface area contributed by atoms with Gasteiger partial charge in [0.15, 0.2) is 0 Å². The van der Waals surface area contributed by atoms with Gasteiger partial charge in [-0.05, 0) is 49.7 Å². The summed E-state index contributed by atoms with van der Waals surface area (Å²) >= 11 is 0. The first-order valence-electron chi connectivity index (χ1n) is 7.35. The number of fused-ring (bicyclic) bond motifs is 1. The quantitative estimate of drug-likeness (QED) is 0.819. The van der Waals surface area contributed by atoms with Crippen molar-refractivity contribution in [1.29, 1.82) is 0 Å². The van der Waals surface area contributed by atoms with Crippen LogP contribution in [0.1, 0.15) is 25.7 Å². The summed E-state index contributed by atoms with van der Waals surface area (Å²) < 4.78 is 0. The molecule has 0 N–H and O–H groups in total. The highest BCUT2D eigenvalue weighted by molar-refractivity contribution is 5.89. The highest BCUT2D eigenvalue weighted by atomic mass is 15.2. The molecular formula is C16H19N3. The lowest BCUT2D eigenvalue weighted by Crippen LogP contribution is -2.29. The molecule has 2 aromatic rings. The maximum absolute atomic E-state index is 4.58. The molecule has 3 nitrogen and oxygen atoms in total. The van der Waals surface area contributed by atoms with Crippen molar-refractivity contribution in [2.45, 2.75) is 25.7 Å². The van der Waals surface area contributed by atoms with Crippen molar-refractivity contribution in [3.8, 4) is 0 Å². The van der Waals surface area contributed by atoms with Gasteiger partial charge in [-0.3, -0.25) is 0 Å². The molecule has 0 radical (unpaired) electrons. The summed E-state index contributed by atoms with van der Waals surface area (Å²) in [6, 6.07) is 8.36. The van der Waals surface area contributed by atoms with Gasteiger partial charge in [0.2, 0.25) is 0 Å². The van der Waals surface area contributed by atoms with Crippen molar-refractivity contribution in [3.63, 3.8) is 0 Å². The van der Waals surface area contributed by atoms with Gasteiger partial charge in [-0.2, -0.15) is 0 Å². The number of rotatable bonds is 5. The minimum absolute atomic E-state index is 0.896. The molecular weight excluding hydrogens is 234 g/mol. The van der Waals surface area contributed by atoms with Gasteiger partial charge in [-0.15, -0.1) is 0 Å². The third-order valence-corrected chi connectivity index (χ3v) is 4.17. The Bertz CT molecular complexity index is 568. The minimum Gasteiger partial charge on any atom is -0.355 e. The summed E-state index contributed by atoms with van der Waals surface area (Å²) in [6.45, 7) is 2.36. The van der Waals surface area contributed by atoms with E-state index in [0.29, 0.717) is 0 Å². The first kappa shape index (κ1) is 11.2. The number of para-hydroxylation sites is 1. The predicted octanol–water partition coefficient (Wildman–Crippen LogP) is 3.26. The number of hydrogen-bond donors (Lipinski definition) is 0. The third-order valence-electron chi connectivity index (χ3n) is 4.17. The van der Waals surface area contributed by atoms with E-state index < -0.39 is 0 Å². The van der Waals surface area contributed by atoms with Crippen LogP contribution < -0.4 is 4.90 Å². The zero-order chi connectivity index (χ0) is 12.7. The van der Waals surface area contributed by atoms with Crippen LogP contribution in [-0.4, -0.2) is 23.1 Å². The smallest absolute Gasteiger partial charge is 0.139 e. The second-order valence-electron chi connectivity index (χ2n) is 6.01. The molecule has 2 aliphatic carbocycles. The maximum atomic E-state index is 4.58. The predicted molar refractivity (Wildman–Crippen MR) is 77.2 cm³/mol. The number of aromatic nitrogens is 2. The zero-order valence-electron chi connectivity index (χ0n) is 11.1. The molecule has 0 spiro atoms. The van der Waals surface area contributed by atoms with Gasteiger partial charge in [0.05, 0.1) is 5.52 Å². The van der Waals surface area contributed by atoms with E-state index in [1.54, 1.807) is 6.33 Å². The zero-order valence-corrected chi connectivity index (χ0v) is 11.1. The average Bonchev–Trinajstić information content (AvgIpc) is 3.33. The topological polar surface area (TPSA) is 29.0 Å². The summed E-state index contributed by atoms with van der Waals surface area (Å²) in [7, 11) is 0. The summed E-state index contributed by atoms with van der Waals surface area (Å²) in [5.74, 6) is 2.93. The standard InChI is InChI=1S/C16H19N3/c1-2-4-15-14(3-1)16(18-11-17-15)19(9-12-5-6-12)10-13-7-8-13/h1-4,11-13H,5-10H2. The van der Waals surface area contributed by atoms with E-state index in [4.69, 9.17) is 0 Å². The highest BCUT2D eigenvalue weighted by Crippen LogP contribution is 2.36. The lowest BCUT2D eigenvalue weighted by atomic mass is 10.2. The van der Waals surface area contributed by atoms with Crippen LogP contribution in [0.5, 0.6) is 0 Å². The van der Waals surface area contributed by atoms with Gasteiger partial charge in [0.25, 0.3) is 0 Å². The molecule has 4 rings (SSSR count). The van der Waals surface area contributed by atoms with E-state index in [9.17, 15) is 0 Å². The molecule has 1 aromatic heterocycles. The van der Waals surface area contributed by atoms with Gasteiger partial charge in [-0.25, -0.2) is 9.97 Å². The Labute approximate surface area is 113 Å². The van der Waals surface area contributed by atoms with Gasteiger partial charge in [0.1, 0.15) is 12.1 Å². The fourth-order valence-corrected chi connectivity index (χ4v) is 2.71. The second kappa shape index (κ2) is 4.48. The van der Waals surface area contributed by atoms with E-state index in [-0.39, 0.29) is 0 Å². The van der Waals surface area contributed by atoms with Crippen LogP contribution in [0, 0.1) is 11.8 Å². The Morgan fingerprint density at radius 2 is 1.63 bits per heavy atom. The minimum atomic E-state index is 0.896. The third kappa shape index (κ3) is 2.42. The Morgan fingerprint density at radius 3 is 2.32 bits per heavy atom. The van der Waals surface area contributed by atoms with Crippen molar-refractivity contribution < 1.29 is 0 Å². The van der Waals surface area contributed by atoms with Crippen molar-refractivity contribution in [2.75, 3.05) is 18.0 Å². The monoisotopic (exact) mass is 253 g/mol. The Hall–Kier alpha value is -1.64. The summed E-state index contributed by atoms with van der Waals surface area (Å²) in [5.41, 5.74) is 1.06. The molecule has 0 saturated heterocycles. The molecule has 0 bridgehead atoms. The molecule has 0 amide bonds. The van der Waals surface area contributed by atoms with Crippen LogP contribution in [0.2, 0.25) is 0 Å². The van der Waals surface area contributed by atoms with E-state index >= 15 is 0 Å². The molecule has 0 atom stereocenters. The van der Waals surface area contributed by atoms with Crippen molar-refractivity contribution >= 4 is 16.7 Å². The fraction of sp³-hybridized carbons (Fsp3) is 0.500. The summed E-state index contributed by atoms with van der Waals surface area (Å²) in [5, 5.41) is 1.20. The first-order chi connectivity index (χ1) is 9.40. The van der Waals surface area contributed by atoms with Crippen LogP contribution in [0.15, 0.2) is 30.6 Å². The second-order valence-corrected chi connectivity index (χ2v) is 6.01. The molecule has 3 heteroatoms. The van der Waals surface area contributed by atoms with E-state index in [1.807, 2.05) is 6.07 Å². The van der Waals surface area contributed by atoms with Crippen LogP contribution in [0.3, 0.4) is 0 Å².